The molecule has 0 heterocycles. The van der Waals surface area contributed by atoms with Crippen LogP contribution >= 0.6 is 27.5 Å². The second kappa shape index (κ2) is 6.77. The van der Waals surface area contributed by atoms with Gasteiger partial charge in [0, 0.05) is 4.47 Å². The van der Waals surface area contributed by atoms with Crippen LogP contribution in [0.4, 0.5) is 11.4 Å². The van der Waals surface area contributed by atoms with E-state index in [4.69, 9.17) is 11.6 Å². The highest BCUT2D eigenvalue weighted by Crippen LogP contribution is 2.23. The number of para-hydroxylation sites is 1. The highest BCUT2D eigenvalue weighted by molar-refractivity contribution is 9.10. The van der Waals surface area contributed by atoms with Gasteiger partial charge < -0.3 is 10.6 Å². The molecule has 0 atom stereocenters. The van der Waals surface area contributed by atoms with Gasteiger partial charge in [-0.3, -0.25) is 4.79 Å². The summed E-state index contributed by atoms with van der Waals surface area (Å²) in [5, 5.41) is 6.43. The van der Waals surface area contributed by atoms with Crippen LogP contribution in [-0.2, 0) is 4.79 Å². The van der Waals surface area contributed by atoms with Crippen molar-refractivity contribution in [2.24, 2.45) is 0 Å². The van der Waals surface area contributed by atoms with E-state index in [1.165, 1.54) is 0 Å². The largest absolute Gasteiger partial charge is 0.375 e. The lowest BCUT2D eigenvalue weighted by Crippen LogP contribution is -2.22. The van der Waals surface area contributed by atoms with E-state index < -0.39 is 0 Å². The van der Waals surface area contributed by atoms with Crippen LogP contribution in [0.5, 0.6) is 0 Å². The number of halogens is 2. The minimum absolute atomic E-state index is 0.130. The molecule has 2 rings (SSSR count). The van der Waals surface area contributed by atoms with Crippen LogP contribution in [-0.4, -0.2) is 12.5 Å². The van der Waals surface area contributed by atoms with Crippen LogP contribution in [0.1, 0.15) is 5.56 Å². The molecular weight excluding hydrogens is 340 g/mol. The number of aryl methyl sites for hydroxylation is 1. The zero-order chi connectivity index (χ0) is 14.5. The van der Waals surface area contributed by atoms with Crippen molar-refractivity contribution in [3.05, 3.63) is 57.5 Å². The van der Waals surface area contributed by atoms with Crippen LogP contribution in [0.25, 0.3) is 0 Å². The van der Waals surface area contributed by atoms with Gasteiger partial charge in [0.05, 0.1) is 22.9 Å². The summed E-state index contributed by atoms with van der Waals surface area (Å²) in [7, 11) is 0. The summed E-state index contributed by atoms with van der Waals surface area (Å²) in [5.74, 6) is -0.130. The van der Waals surface area contributed by atoms with Gasteiger partial charge in [-0.15, -0.1) is 0 Å². The van der Waals surface area contributed by atoms with Gasteiger partial charge in [-0.25, -0.2) is 0 Å². The molecular formula is C15H14BrClN2O. The number of amides is 1. The number of hydrogen-bond acceptors (Lipinski definition) is 2. The summed E-state index contributed by atoms with van der Waals surface area (Å²) < 4.78 is 0.864. The van der Waals surface area contributed by atoms with Crippen molar-refractivity contribution in [3.8, 4) is 0 Å². The standard InChI is InChI=1S/C15H14BrClN2O/c1-10-6-7-13(11(16)8-10)19-15(20)9-18-14-5-3-2-4-12(14)17/h2-8,18H,9H2,1H3,(H,19,20). The lowest BCUT2D eigenvalue weighted by molar-refractivity contribution is -0.114. The van der Waals surface area contributed by atoms with Gasteiger partial charge >= 0.3 is 0 Å². The normalized spacial score (nSPS) is 10.2. The predicted molar refractivity (Wildman–Crippen MR) is 87.5 cm³/mol. The van der Waals surface area contributed by atoms with Crippen LogP contribution in [0.3, 0.4) is 0 Å². The van der Waals surface area contributed by atoms with E-state index in [9.17, 15) is 4.79 Å². The molecule has 0 aliphatic rings. The summed E-state index contributed by atoms with van der Waals surface area (Å²) in [6.07, 6.45) is 0. The zero-order valence-electron chi connectivity index (χ0n) is 10.9. The second-order valence-corrected chi connectivity index (χ2v) is 5.63. The number of benzene rings is 2. The minimum Gasteiger partial charge on any atom is -0.375 e. The van der Waals surface area contributed by atoms with Gasteiger partial charge in [0.2, 0.25) is 5.91 Å². The van der Waals surface area contributed by atoms with E-state index in [1.54, 1.807) is 6.07 Å². The van der Waals surface area contributed by atoms with Crippen molar-refractivity contribution in [3.63, 3.8) is 0 Å². The minimum atomic E-state index is -0.130. The number of nitrogens with one attached hydrogen (secondary N) is 2. The van der Waals surface area contributed by atoms with Gasteiger partial charge in [-0.2, -0.15) is 0 Å². The summed E-state index contributed by atoms with van der Waals surface area (Å²) in [5.41, 5.74) is 2.62. The maximum Gasteiger partial charge on any atom is 0.243 e. The Kier molecular flexibility index (Phi) is 5.04. The van der Waals surface area contributed by atoms with E-state index in [0.29, 0.717) is 5.02 Å². The Morgan fingerprint density at radius 1 is 1.20 bits per heavy atom. The fraction of sp³-hybridized carbons (Fsp3) is 0.133. The topological polar surface area (TPSA) is 41.1 Å². The van der Waals surface area contributed by atoms with E-state index in [0.717, 1.165) is 21.4 Å². The number of carbonyl (C=O) groups is 1. The molecule has 2 N–H and O–H groups in total. The van der Waals surface area contributed by atoms with Crippen molar-refractivity contribution in [2.75, 3.05) is 17.2 Å². The quantitative estimate of drug-likeness (QED) is 0.852. The third-order valence-corrected chi connectivity index (χ3v) is 3.70. The van der Waals surface area contributed by atoms with E-state index in [-0.39, 0.29) is 12.5 Å². The van der Waals surface area contributed by atoms with E-state index in [2.05, 4.69) is 26.6 Å². The second-order valence-electron chi connectivity index (χ2n) is 4.36. The van der Waals surface area contributed by atoms with E-state index in [1.807, 2.05) is 43.3 Å². The Labute approximate surface area is 131 Å². The molecule has 2 aromatic rings. The van der Waals surface area contributed by atoms with Gasteiger partial charge in [0.1, 0.15) is 0 Å². The Hall–Kier alpha value is -1.52. The number of hydrogen-bond donors (Lipinski definition) is 2. The fourth-order valence-corrected chi connectivity index (χ4v) is 2.49. The smallest absolute Gasteiger partial charge is 0.243 e. The number of anilines is 2. The maximum atomic E-state index is 11.9. The molecule has 0 saturated heterocycles. The Morgan fingerprint density at radius 3 is 2.65 bits per heavy atom. The molecule has 104 valence electrons. The van der Waals surface area contributed by atoms with Crippen molar-refractivity contribution in [1.29, 1.82) is 0 Å². The van der Waals surface area contributed by atoms with Crippen LogP contribution in [0, 0.1) is 6.92 Å². The summed E-state index contributed by atoms with van der Waals surface area (Å²) in [4.78, 5) is 11.9. The molecule has 0 aliphatic heterocycles. The molecule has 0 bridgehead atoms. The predicted octanol–water partition coefficient (Wildman–Crippen LogP) is 4.46. The van der Waals surface area contributed by atoms with Crippen molar-refractivity contribution < 1.29 is 4.79 Å². The average Bonchev–Trinajstić information content (AvgIpc) is 2.41. The van der Waals surface area contributed by atoms with Gasteiger partial charge in [0.25, 0.3) is 0 Å². The molecule has 20 heavy (non-hydrogen) atoms. The zero-order valence-corrected chi connectivity index (χ0v) is 13.3. The van der Waals surface area contributed by atoms with Crippen LogP contribution in [0.15, 0.2) is 46.9 Å². The molecule has 0 aromatic heterocycles. The summed E-state index contributed by atoms with van der Waals surface area (Å²) in [6.45, 7) is 2.15. The molecule has 1 amide bonds. The van der Waals surface area contributed by atoms with Crippen molar-refractivity contribution in [2.45, 2.75) is 6.92 Å². The summed E-state index contributed by atoms with van der Waals surface area (Å²) >= 11 is 9.44. The fourth-order valence-electron chi connectivity index (χ4n) is 1.70. The first-order valence-electron chi connectivity index (χ1n) is 6.10. The first-order chi connectivity index (χ1) is 9.56. The van der Waals surface area contributed by atoms with Crippen molar-refractivity contribution >= 4 is 44.8 Å². The average molecular weight is 354 g/mol. The molecule has 2 aromatic carbocycles. The lowest BCUT2D eigenvalue weighted by Gasteiger charge is -2.10. The molecule has 0 aliphatic carbocycles. The van der Waals surface area contributed by atoms with Gasteiger partial charge in [-0.1, -0.05) is 29.8 Å². The molecule has 0 spiro atoms. The molecule has 0 saturated carbocycles. The third-order valence-electron chi connectivity index (χ3n) is 2.71. The van der Waals surface area contributed by atoms with Gasteiger partial charge in [0.15, 0.2) is 0 Å². The monoisotopic (exact) mass is 352 g/mol. The molecule has 5 heteroatoms. The summed E-state index contributed by atoms with van der Waals surface area (Å²) in [6, 6.07) is 13.1. The van der Waals surface area contributed by atoms with Crippen LogP contribution < -0.4 is 10.6 Å². The van der Waals surface area contributed by atoms with Crippen LogP contribution in [0.2, 0.25) is 5.02 Å². The molecule has 3 nitrogen and oxygen atoms in total. The third kappa shape index (κ3) is 3.99. The Bertz CT molecular complexity index is 631. The molecule has 0 fully saturated rings. The number of carbonyl (C=O) groups excluding carboxylic acids is 1. The Morgan fingerprint density at radius 2 is 1.95 bits per heavy atom. The lowest BCUT2D eigenvalue weighted by atomic mass is 10.2. The van der Waals surface area contributed by atoms with E-state index >= 15 is 0 Å². The first kappa shape index (κ1) is 14.9. The molecule has 0 unspecified atom stereocenters. The molecule has 0 radical (unpaired) electrons. The highest BCUT2D eigenvalue weighted by atomic mass is 79.9. The first-order valence-corrected chi connectivity index (χ1v) is 7.28. The Balaban J connectivity index is 1.94. The highest BCUT2D eigenvalue weighted by Gasteiger charge is 2.06. The SMILES string of the molecule is Cc1ccc(NC(=O)CNc2ccccc2Cl)c(Br)c1. The van der Waals surface area contributed by atoms with Gasteiger partial charge in [-0.05, 0) is 52.7 Å². The maximum absolute atomic E-state index is 11.9. The van der Waals surface area contributed by atoms with Crippen molar-refractivity contribution in [1.82, 2.24) is 0 Å². The number of rotatable bonds is 4.